The Morgan fingerprint density at radius 3 is 2.52 bits per heavy atom. The third kappa shape index (κ3) is 3.41. The average molecular weight is 384 g/mol. The van der Waals surface area contributed by atoms with Crippen molar-refractivity contribution in [2.45, 2.75) is 18.3 Å². The normalized spacial score (nSPS) is 14.1. The van der Waals surface area contributed by atoms with Gasteiger partial charge in [-0.1, -0.05) is 0 Å². The summed E-state index contributed by atoms with van der Waals surface area (Å²) in [6.45, 7) is 0. The number of amides is 1. The second kappa shape index (κ2) is 6.99. The summed E-state index contributed by atoms with van der Waals surface area (Å²) in [5.41, 5.74) is 10.1. The molecule has 0 unspecified atom stereocenters. The molecule has 1 aliphatic rings. The summed E-state index contributed by atoms with van der Waals surface area (Å²) in [6.07, 6.45) is 6.64. The lowest BCUT2D eigenvalue weighted by atomic mass is 9.98. The Labute approximate surface area is 168 Å². The van der Waals surface area contributed by atoms with Crippen molar-refractivity contribution < 1.29 is 4.79 Å². The van der Waals surface area contributed by atoms with Crippen LogP contribution in [0.5, 0.6) is 0 Å². The van der Waals surface area contributed by atoms with E-state index in [0.29, 0.717) is 22.6 Å². The maximum atomic E-state index is 12.1. The molecular formula is C22H20N6O. The molecule has 3 aromatic heterocycles. The van der Waals surface area contributed by atoms with Gasteiger partial charge in [-0.15, -0.1) is 0 Å². The topological polar surface area (TPSA) is 109 Å². The van der Waals surface area contributed by atoms with E-state index in [1.54, 1.807) is 38.6 Å². The van der Waals surface area contributed by atoms with Gasteiger partial charge in [0, 0.05) is 43.8 Å². The lowest BCUT2D eigenvalue weighted by molar-refractivity contribution is 0.0827. The number of nitrogen functional groups attached to an aromatic ring is 1. The first-order valence-electron chi connectivity index (χ1n) is 9.25. The molecule has 1 fully saturated rings. The van der Waals surface area contributed by atoms with Gasteiger partial charge < -0.3 is 10.6 Å². The van der Waals surface area contributed by atoms with E-state index in [4.69, 9.17) is 5.73 Å². The molecular weight excluding hydrogens is 364 g/mol. The molecule has 7 heteroatoms. The van der Waals surface area contributed by atoms with E-state index in [2.05, 4.69) is 21.0 Å². The number of hydrogen-bond acceptors (Lipinski definition) is 6. The van der Waals surface area contributed by atoms with Crippen LogP contribution in [0.3, 0.4) is 0 Å². The summed E-state index contributed by atoms with van der Waals surface area (Å²) in [6, 6.07) is 11.6. The summed E-state index contributed by atoms with van der Waals surface area (Å²) in [7, 11) is 3.39. The van der Waals surface area contributed by atoms with Gasteiger partial charge in [0.25, 0.3) is 5.91 Å². The van der Waals surface area contributed by atoms with Crippen molar-refractivity contribution in [1.82, 2.24) is 19.9 Å². The zero-order valence-corrected chi connectivity index (χ0v) is 16.3. The lowest BCUT2D eigenvalue weighted by Crippen LogP contribution is -2.21. The Kier molecular flexibility index (Phi) is 4.47. The molecule has 1 saturated carbocycles. The van der Waals surface area contributed by atoms with E-state index in [0.717, 1.165) is 29.7 Å². The summed E-state index contributed by atoms with van der Waals surface area (Å²) in [5, 5.41) is 9.44. The van der Waals surface area contributed by atoms with Crippen molar-refractivity contribution in [2.24, 2.45) is 0 Å². The molecule has 4 rings (SSSR count). The molecule has 7 nitrogen and oxygen atoms in total. The summed E-state index contributed by atoms with van der Waals surface area (Å²) in [5.74, 6) is 0.248. The molecule has 29 heavy (non-hydrogen) atoms. The quantitative estimate of drug-likeness (QED) is 0.740. The van der Waals surface area contributed by atoms with Crippen molar-refractivity contribution in [3.63, 3.8) is 0 Å². The molecule has 0 radical (unpaired) electrons. The molecule has 3 heterocycles. The maximum absolute atomic E-state index is 12.1. The number of hydrogen-bond donors (Lipinski definition) is 1. The van der Waals surface area contributed by atoms with Crippen LogP contribution >= 0.6 is 0 Å². The zero-order valence-electron chi connectivity index (χ0n) is 16.3. The Morgan fingerprint density at radius 1 is 1.10 bits per heavy atom. The fraction of sp³-hybridized carbons (Fsp3) is 0.227. The number of carbonyl (C=O) groups excluding carboxylic acids is 1. The Bertz CT molecular complexity index is 1130. The largest absolute Gasteiger partial charge is 0.383 e. The van der Waals surface area contributed by atoms with Crippen molar-refractivity contribution in [2.75, 3.05) is 19.8 Å². The predicted molar refractivity (Wildman–Crippen MR) is 110 cm³/mol. The Hall–Kier alpha value is -3.79. The smallest absolute Gasteiger partial charge is 0.254 e. The van der Waals surface area contributed by atoms with Crippen molar-refractivity contribution in [3.05, 3.63) is 60.2 Å². The van der Waals surface area contributed by atoms with E-state index >= 15 is 0 Å². The van der Waals surface area contributed by atoms with Gasteiger partial charge in [0.05, 0.1) is 28.4 Å². The predicted octanol–water partition coefficient (Wildman–Crippen LogP) is 3.04. The second-order valence-corrected chi connectivity index (χ2v) is 7.41. The van der Waals surface area contributed by atoms with Crippen molar-refractivity contribution in [1.29, 1.82) is 5.26 Å². The molecule has 0 spiro atoms. The van der Waals surface area contributed by atoms with E-state index < -0.39 is 5.41 Å². The average Bonchev–Trinajstić information content (AvgIpc) is 3.55. The van der Waals surface area contributed by atoms with E-state index in [1.165, 1.54) is 11.1 Å². The number of anilines is 1. The molecule has 144 valence electrons. The maximum Gasteiger partial charge on any atom is 0.254 e. The summed E-state index contributed by atoms with van der Waals surface area (Å²) >= 11 is 0. The Morgan fingerprint density at radius 2 is 1.90 bits per heavy atom. The van der Waals surface area contributed by atoms with Crippen LogP contribution in [-0.2, 0) is 5.41 Å². The van der Waals surface area contributed by atoms with E-state index in [-0.39, 0.29) is 5.91 Å². The number of nitriles is 1. The number of pyridine rings is 3. The molecule has 0 bridgehead atoms. The van der Waals surface area contributed by atoms with Gasteiger partial charge in [-0.2, -0.15) is 5.26 Å². The number of nitrogens with two attached hydrogens (primary N) is 1. The summed E-state index contributed by atoms with van der Waals surface area (Å²) < 4.78 is 0. The molecule has 0 aromatic carbocycles. The minimum Gasteiger partial charge on any atom is -0.383 e. The van der Waals surface area contributed by atoms with Crippen LogP contribution in [0.25, 0.3) is 22.4 Å². The molecule has 1 amide bonds. The molecule has 2 N–H and O–H groups in total. The van der Waals surface area contributed by atoms with Crippen LogP contribution < -0.4 is 5.73 Å². The van der Waals surface area contributed by atoms with Gasteiger partial charge in [0.1, 0.15) is 5.82 Å². The van der Waals surface area contributed by atoms with Crippen LogP contribution in [0.4, 0.5) is 5.82 Å². The first-order chi connectivity index (χ1) is 13.9. The fourth-order valence-electron chi connectivity index (χ4n) is 3.20. The highest BCUT2D eigenvalue weighted by atomic mass is 16.2. The lowest BCUT2D eigenvalue weighted by Gasteiger charge is -2.12. The van der Waals surface area contributed by atoms with Crippen LogP contribution in [-0.4, -0.2) is 39.9 Å². The monoisotopic (exact) mass is 384 g/mol. The number of carbonyl (C=O) groups is 1. The highest BCUT2D eigenvalue weighted by Gasteiger charge is 2.46. The van der Waals surface area contributed by atoms with Gasteiger partial charge in [0.2, 0.25) is 0 Å². The fourth-order valence-corrected chi connectivity index (χ4v) is 3.20. The molecule has 0 atom stereocenters. The molecule has 0 aliphatic heterocycles. The number of aromatic nitrogens is 3. The molecule has 1 aliphatic carbocycles. The van der Waals surface area contributed by atoms with Gasteiger partial charge in [-0.25, -0.2) is 4.98 Å². The second-order valence-electron chi connectivity index (χ2n) is 7.41. The van der Waals surface area contributed by atoms with Crippen molar-refractivity contribution in [3.8, 4) is 28.5 Å². The standard InChI is InChI=1S/C22H20N6O/c1-28(2)21(29)15-3-4-18(26-11-15)17-9-16(12-27-20(17)24)14-5-8-25-19(10-14)22(13-23)6-7-22/h3-5,8-12H,6-7H2,1-2H3,(H2,24,27). The third-order valence-corrected chi connectivity index (χ3v) is 5.16. The highest BCUT2D eigenvalue weighted by Crippen LogP contribution is 2.47. The Balaban J connectivity index is 1.70. The van der Waals surface area contributed by atoms with Crippen LogP contribution in [0.1, 0.15) is 28.9 Å². The van der Waals surface area contributed by atoms with Gasteiger partial charge in [0.15, 0.2) is 0 Å². The van der Waals surface area contributed by atoms with Crippen LogP contribution in [0.2, 0.25) is 0 Å². The number of rotatable bonds is 4. The molecule has 0 saturated heterocycles. The zero-order chi connectivity index (χ0) is 20.6. The van der Waals surface area contributed by atoms with E-state index in [9.17, 15) is 10.1 Å². The van der Waals surface area contributed by atoms with E-state index in [1.807, 2.05) is 18.2 Å². The third-order valence-electron chi connectivity index (χ3n) is 5.16. The minimum absolute atomic E-state index is 0.111. The van der Waals surface area contributed by atoms with Gasteiger partial charge >= 0.3 is 0 Å². The highest BCUT2D eigenvalue weighted by molar-refractivity contribution is 5.94. The SMILES string of the molecule is CN(C)C(=O)c1ccc(-c2cc(-c3ccnc(C4(C#N)CC4)c3)cnc2N)nc1. The first-order valence-corrected chi connectivity index (χ1v) is 9.25. The van der Waals surface area contributed by atoms with Gasteiger partial charge in [-0.3, -0.25) is 14.8 Å². The van der Waals surface area contributed by atoms with Gasteiger partial charge in [-0.05, 0) is 48.7 Å². The number of nitrogens with zero attached hydrogens (tertiary/aromatic N) is 5. The van der Waals surface area contributed by atoms with Crippen LogP contribution in [0, 0.1) is 11.3 Å². The van der Waals surface area contributed by atoms with Crippen LogP contribution in [0.15, 0.2) is 48.9 Å². The van der Waals surface area contributed by atoms with Crippen molar-refractivity contribution >= 4 is 11.7 Å². The molecule has 3 aromatic rings. The minimum atomic E-state index is -0.448. The first kappa shape index (κ1) is 18.6. The summed E-state index contributed by atoms with van der Waals surface area (Å²) in [4.78, 5) is 26.7.